The molecule has 128 valence electrons. The normalized spacial score (nSPS) is 11.1. The highest BCUT2D eigenvalue weighted by Gasteiger charge is 2.07. The van der Waals surface area contributed by atoms with Gasteiger partial charge in [-0.15, -0.1) is 0 Å². The fraction of sp³-hybridized carbons (Fsp3) is 0. The molecule has 0 saturated carbocycles. The Bertz CT molecular complexity index is 1270. The summed E-state index contributed by atoms with van der Waals surface area (Å²) in [7, 11) is 0. The second-order valence-corrected chi connectivity index (χ2v) is 7.64. The van der Waals surface area contributed by atoms with Crippen molar-refractivity contribution in [3.05, 3.63) is 108 Å². The lowest BCUT2D eigenvalue weighted by atomic mass is 9.95. The minimum Gasteiger partial charge on any atom is -0.0622 e. The van der Waals surface area contributed by atoms with Crippen molar-refractivity contribution in [1.82, 2.24) is 0 Å². The van der Waals surface area contributed by atoms with E-state index in [-0.39, 0.29) is 0 Å². The SMILES string of the molecule is Brc1ccc(-c2ccc3cc(-c4ccccc4)ccc3c2)c2ccccc12. The van der Waals surface area contributed by atoms with Gasteiger partial charge in [-0.2, -0.15) is 0 Å². The summed E-state index contributed by atoms with van der Waals surface area (Å²) in [4.78, 5) is 0. The first-order valence-electron chi connectivity index (χ1n) is 9.06. The molecular weight excluding hydrogens is 392 g/mol. The van der Waals surface area contributed by atoms with Gasteiger partial charge in [-0.05, 0) is 62.0 Å². The van der Waals surface area contributed by atoms with E-state index in [1.54, 1.807) is 0 Å². The van der Waals surface area contributed by atoms with E-state index in [0.717, 1.165) is 4.47 Å². The molecule has 0 unspecified atom stereocenters. The van der Waals surface area contributed by atoms with Crippen molar-refractivity contribution in [2.45, 2.75) is 0 Å². The highest BCUT2D eigenvalue weighted by Crippen LogP contribution is 2.35. The second kappa shape index (κ2) is 6.68. The van der Waals surface area contributed by atoms with Gasteiger partial charge in [-0.25, -0.2) is 0 Å². The molecule has 1 heteroatoms. The van der Waals surface area contributed by atoms with Gasteiger partial charge >= 0.3 is 0 Å². The second-order valence-electron chi connectivity index (χ2n) is 6.78. The summed E-state index contributed by atoms with van der Waals surface area (Å²) in [6.07, 6.45) is 0. The van der Waals surface area contributed by atoms with Crippen LogP contribution >= 0.6 is 15.9 Å². The average molecular weight is 409 g/mol. The van der Waals surface area contributed by atoms with Crippen LogP contribution in [0.5, 0.6) is 0 Å². The number of halogens is 1. The molecule has 0 saturated heterocycles. The summed E-state index contributed by atoms with van der Waals surface area (Å²) < 4.78 is 1.13. The minimum atomic E-state index is 1.13. The zero-order valence-electron chi connectivity index (χ0n) is 14.7. The molecule has 5 aromatic carbocycles. The maximum atomic E-state index is 3.67. The van der Waals surface area contributed by atoms with Crippen LogP contribution in [0.2, 0.25) is 0 Å². The van der Waals surface area contributed by atoms with Crippen LogP contribution in [0.4, 0.5) is 0 Å². The average Bonchev–Trinajstić information content (AvgIpc) is 2.74. The van der Waals surface area contributed by atoms with Gasteiger partial charge < -0.3 is 0 Å². The van der Waals surface area contributed by atoms with E-state index in [2.05, 4.69) is 119 Å². The van der Waals surface area contributed by atoms with Gasteiger partial charge in [0.2, 0.25) is 0 Å². The van der Waals surface area contributed by atoms with Crippen LogP contribution in [0.25, 0.3) is 43.8 Å². The molecule has 5 aromatic rings. The molecule has 0 bridgehead atoms. The molecule has 0 aliphatic carbocycles. The zero-order valence-corrected chi connectivity index (χ0v) is 16.3. The molecule has 0 aliphatic rings. The maximum absolute atomic E-state index is 3.67. The molecule has 0 radical (unpaired) electrons. The Labute approximate surface area is 167 Å². The van der Waals surface area contributed by atoms with E-state index in [0.29, 0.717) is 0 Å². The molecule has 0 heterocycles. The lowest BCUT2D eigenvalue weighted by Crippen LogP contribution is -1.84. The number of benzene rings is 5. The first kappa shape index (κ1) is 16.3. The van der Waals surface area contributed by atoms with Gasteiger partial charge in [0.15, 0.2) is 0 Å². The molecule has 0 nitrogen and oxygen atoms in total. The maximum Gasteiger partial charge on any atom is 0.0254 e. The third-order valence-electron chi connectivity index (χ3n) is 5.13. The number of hydrogen-bond acceptors (Lipinski definition) is 0. The van der Waals surface area contributed by atoms with Crippen LogP contribution in [-0.4, -0.2) is 0 Å². The van der Waals surface area contributed by atoms with E-state index >= 15 is 0 Å². The van der Waals surface area contributed by atoms with Gasteiger partial charge in [0, 0.05) is 4.47 Å². The van der Waals surface area contributed by atoms with Crippen LogP contribution in [0.1, 0.15) is 0 Å². The topological polar surface area (TPSA) is 0 Å². The highest BCUT2D eigenvalue weighted by atomic mass is 79.9. The summed E-state index contributed by atoms with van der Waals surface area (Å²) in [6, 6.07) is 36.9. The molecule has 0 aliphatic heterocycles. The molecule has 0 amide bonds. The van der Waals surface area contributed by atoms with Crippen molar-refractivity contribution in [2.24, 2.45) is 0 Å². The van der Waals surface area contributed by atoms with Crippen LogP contribution < -0.4 is 0 Å². The quantitative estimate of drug-likeness (QED) is 0.276. The lowest BCUT2D eigenvalue weighted by Gasteiger charge is -2.10. The van der Waals surface area contributed by atoms with Crippen molar-refractivity contribution in [3.63, 3.8) is 0 Å². The van der Waals surface area contributed by atoms with Gasteiger partial charge in [-0.3, -0.25) is 0 Å². The third-order valence-corrected chi connectivity index (χ3v) is 5.82. The molecular formula is C26H17Br. The van der Waals surface area contributed by atoms with Crippen molar-refractivity contribution in [2.75, 3.05) is 0 Å². The summed E-state index contributed by atoms with van der Waals surface area (Å²) in [5.41, 5.74) is 5.02. The van der Waals surface area contributed by atoms with Crippen molar-refractivity contribution < 1.29 is 0 Å². The molecule has 0 spiro atoms. The Hall–Kier alpha value is -2.90. The molecule has 27 heavy (non-hydrogen) atoms. The van der Waals surface area contributed by atoms with Crippen molar-refractivity contribution in [1.29, 1.82) is 0 Å². The van der Waals surface area contributed by atoms with Crippen LogP contribution in [0.15, 0.2) is 108 Å². The number of hydrogen-bond donors (Lipinski definition) is 0. The fourth-order valence-corrected chi connectivity index (χ4v) is 4.22. The summed E-state index contributed by atoms with van der Waals surface area (Å²) in [5, 5.41) is 5.04. The first-order valence-corrected chi connectivity index (χ1v) is 9.86. The summed E-state index contributed by atoms with van der Waals surface area (Å²) in [6.45, 7) is 0. The Morgan fingerprint density at radius 1 is 0.444 bits per heavy atom. The van der Waals surface area contributed by atoms with Gasteiger partial charge in [0.05, 0.1) is 0 Å². The number of fused-ring (bicyclic) bond motifs is 2. The molecule has 0 atom stereocenters. The van der Waals surface area contributed by atoms with Gasteiger partial charge in [-0.1, -0.05) is 101 Å². The monoisotopic (exact) mass is 408 g/mol. The molecule has 0 fully saturated rings. The van der Waals surface area contributed by atoms with E-state index < -0.39 is 0 Å². The fourth-order valence-electron chi connectivity index (χ4n) is 3.74. The smallest absolute Gasteiger partial charge is 0.0254 e. The van der Waals surface area contributed by atoms with Gasteiger partial charge in [0.25, 0.3) is 0 Å². The molecule has 0 N–H and O–H groups in total. The van der Waals surface area contributed by atoms with Crippen molar-refractivity contribution >= 4 is 37.5 Å². The Morgan fingerprint density at radius 3 is 1.85 bits per heavy atom. The van der Waals surface area contributed by atoms with Crippen LogP contribution in [0.3, 0.4) is 0 Å². The first-order chi connectivity index (χ1) is 13.3. The predicted octanol–water partition coefficient (Wildman–Crippen LogP) is 8.09. The van der Waals surface area contributed by atoms with Crippen LogP contribution in [0, 0.1) is 0 Å². The molecule has 5 rings (SSSR count). The van der Waals surface area contributed by atoms with E-state index in [9.17, 15) is 0 Å². The number of rotatable bonds is 2. The Balaban J connectivity index is 1.65. The predicted molar refractivity (Wildman–Crippen MR) is 120 cm³/mol. The van der Waals surface area contributed by atoms with E-state index in [1.807, 2.05) is 0 Å². The van der Waals surface area contributed by atoms with Crippen molar-refractivity contribution in [3.8, 4) is 22.3 Å². The van der Waals surface area contributed by atoms with E-state index in [4.69, 9.17) is 0 Å². The third kappa shape index (κ3) is 2.94. The zero-order chi connectivity index (χ0) is 18.2. The van der Waals surface area contributed by atoms with Crippen LogP contribution in [-0.2, 0) is 0 Å². The summed E-state index contributed by atoms with van der Waals surface area (Å²) in [5.74, 6) is 0. The minimum absolute atomic E-state index is 1.13. The highest BCUT2D eigenvalue weighted by molar-refractivity contribution is 9.10. The summed E-state index contributed by atoms with van der Waals surface area (Å²) >= 11 is 3.67. The lowest BCUT2D eigenvalue weighted by molar-refractivity contribution is 1.63. The Morgan fingerprint density at radius 2 is 1.07 bits per heavy atom. The largest absolute Gasteiger partial charge is 0.0622 e. The Kier molecular flexibility index (Phi) is 4.03. The van der Waals surface area contributed by atoms with Gasteiger partial charge in [0.1, 0.15) is 0 Å². The standard InChI is InChI=1S/C26H17Br/c27-26-15-14-23(24-8-4-5-9-25(24)26)22-13-12-20-16-19(10-11-21(20)17-22)18-6-2-1-3-7-18/h1-17H. The molecule has 0 aromatic heterocycles. The van der Waals surface area contributed by atoms with E-state index in [1.165, 1.54) is 43.8 Å².